The van der Waals surface area contributed by atoms with E-state index in [1.54, 1.807) is 0 Å². The van der Waals surface area contributed by atoms with Crippen LogP contribution in [0.3, 0.4) is 0 Å². The first-order valence-electron chi connectivity index (χ1n) is 9.68. The molecule has 0 fully saturated rings. The molecule has 0 heterocycles. The van der Waals surface area contributed by atoms with Crippen molar-refractivity contribution in [2.24, 2.45) is 0 Å². The van der Waals surface area contributed by atoms with Gasteiger partial charge in [0, 0.05) is 13.2 Å². The molecule has 2 aromatic carbocycles. The van der Waals surface area contributed by atoms with Crippen molar-refractivity contribution in [1.82, 2.24) is 0 Å². The Morgan fingerprint density at radius 1 is 0.440 bits per heavy atom. The Balaban J connectivity index is 1.30. The number of hydrogen-bond acceptors (Lipinski definition) is 2. The molecule has 0 atom stereocenters. The lowest BCUT2D eigenvalue weighted by Crippen LogP contribution is -1.96. The second-order valence-corrected chi connectivity index (χ2v) is 6.55. The van der Waals surface area contributed by atoms with E-state index in [2.05, 4.69) is 48.5 Å². The van der Waals surface area contributed by atoms with Crippen LogP contribution in [0.1, 0.15) is 56.1 Å². The first-order chi connectivity index (χ1) is 12.4. The topological polar surface area (TPSA) is 18.5 Å². The summed E-state index contributed by atoms with van der Waals surface area (Å²) in [6.07, 6.45) is 8.87. The Bertz CT molecular complexity index is 475. The maximum Gasteiger partial charge on any atom is 0.0716 e. The van der Waals surface area contributed by atoms with Crippen LogP contribution >= 0.6 is 0 Å². The molecule has 0 spiro atoms. The Hall–Kier alpha value is -1.64. The SMILES string of the molecule is c1ccc(COCCCCCCCCCOCc2ccccc2)cc1. The first-order valence-corrected chi connectivity index (χ1v) is 9.68. The van der Waals surface area contributed by atoms with Crippen LogP contribution in [0.5, 0.6) is 0 Å². The van der Waals surface area contributed by atoms with Crippen LogP contribution in [0, 0.1) is 0 Å². The Kier molecular flexibility index (Phi) is 10.7. The molecule has 0 aromatic heterocycles. The molecule has 0 aliphatic carbocycles. The molecule has 0 saturated heterocycles. The van der Waals surface area contributed by atoms with Crippen LogP contribution in [0.25, 0.3) is 0 Å². The predicted octanol–water partition coefficient (Wildman–Crippen LogP) is 6.15. The van der Waals surface area contributed by atoms with Gasteiger partial charge in [0.05, 0.1) is 13.2 Å². The van der Waals surface area contributed by atoms with Crippen LogP contribution in [0.2, 0.25) is 0 Å². The van der Waals surface area contributed by atoms with Gasteiger partial charge in [0.2, 0.25) is 0 Å². The summed E-state index contributed by atoms with van der Waals surface area (Å²) in [7, 11) is 0. The molecule has 0 N–H and O–H groups in total. The van der Waals surface area contributed by atoms with Crippen molar-refractivity contribution in [2.45, 2.75) is 58.2 Å². The van der Waals surface area contributed by atoms with E-state index in [-0.39, 0.29) is 0 Å². The molecule has 136 valence electrons. The van der Waals surface area contributed by atoms with E-state index in [1.807, 2.05) is 12.1 Å². The largest absolute Gasteiger partial charge is 0.377 e. The summed E-state index contributed by atoms with van der Waals surface area (Å²) in [5.41, 5.74) is 2.52. The summed E-state index contributed by atoms with van der Waals surface area (Å²) in [5, 5.41) is 0. The van der Waals surface area contributed by atoms with Gasteiger partial charge in [-0.15, -0.1) is 0 Å². The molecule has 0 radical (unpaired) electrons. The van der Waals surface area contributed by atoms with E-state index >= 15 is 0 Å². The van der Waals surface area contributed by atoms with E-state index in [1.165, 1.54) is 56.1 Å². The van der Waals surface area contributed by atoms with Crippen molar-refractivity contribution in [3.8, 4) is 0 Å². The summed E-state index contributed by atoms with van der Waals surface area (Å²) in [6.45, 7) is 3.23. The van der Waals surface area contributed by atoms with Gasteiger partial charge >= 0.3 is 0 Å². The van der Waals surface area contributed by atoms with E-state index in [0.29, 0.717) is 0 Å². The van der Waals surface area contributed by atoms with E-state index in [0.717, 1.165) is 26.4 Å². The smallest absolute Gasteiger partial charge is 0.0716 e. The van der Waals surface area contributed by atoms with E-state index < -0.39 is 0 Å². The molecule has 25 heavy (non-hydrogen) atoms. The fourth-order valence-corrected chi connectivity index (χ4v) is 2.82. The van der Waals surface area contributed by atoms with Crippen molar-refractivity contribution < 1.29 is 9.47 Å². The minimum absolute atomic E-state index is 0.740. The zero-order chi connectivity index (χ0) is 17.4. The summed E-state index contributed by atoms with van der Waals surface area (Å²) < 4.78 is 11.4. The van der Waals surface area contributed by atoms with Gasteiger partial charge in [0.1, 0.15) is 0 Å². The normalized spacial score (nSPS) is 10.9. The Morgan fingerprint density at radius 2 is 0.800 bits per heavy atom. The maximum absolute atomic E-state index is 5.71. The van der Waals surface area contributed by atoms with Crippen molar-refractivity contribution >= 4 is 0 Å². The van der Waals surface area contributed by atoms with Crippen molar-refractivity contribution in [3.63, 3.8) is 0 Å². The third kappa shape index (κ3) is 10.1. The second-order valence-electron chi connectivity index (χ2n) is 6.55. The zero-order valence-corrected chi connectivity index (χ0v) is 15.4. The molecule has 2 nitrogen and oxygen atoms in total. The molecule has 0 bridgehead atoms. The molecular weight excluding hydrogens is 308 g/mol. The number of rotatable bonds is 14. The van der Waals surface area contributed by atoms with Crippen LogP contribution in [-0.2, 0) is 22.7 Å². The number of hydrogen-bond donors (Lipinski definition) is 0. The molecule has 0 amide bonds. The van der Waals surface area contributed by atoms with Gasteiger partial charge in [-0.3, -0.25) is 0 Å². The summed E-state index contributed by atoms with van der Waals surface area (Å²) in [4.78, 5) is 0. The lowest BCUT2D eigenvalue weighted by atomic mass is 10.1. The van der Waals surface area contributed by atoms with Crippen LogP contribution in [0.15, 0.2) is 60.7 Å². The Morgan fingerprint density at radius 3 is 1.20 bits per heavy atom. The summed E-state index contributed by atoms with van der Waals surface area (Å²) >= 11 is 0. The number of unbranched alkanes of at least 4 members (excludes halogenated alkanes) is 6. The van der Waals surface area contributed by atoms with Gasteiger partial charge in [-0.1, -0.05) is 92.8 Å². The number of ether oxygens (including phenoxy) is 2. The van der Waals surface area contributed by atoms with Crippen LogP contribution < -0.4 is 0 Å². The second kappa shape index (κ2) is 13.6. The molecular formula is C23H32O2. The molecule has 0 saturated carbocycles. The highest BCUT2D eigenvalue weighted by Gasteiger charge is 1.95. The van der Waals surface area contributed by atoms with Crippen LogP contribution in [-0.4, -0.2) is 13.2 Å². The molecule has 2 heteroatoms. The maximum atomic E-state index is 5.71. The minimum atomic E-state index is 0.740. The molecule has 0 aliphatic rings. The zero-order valence-electron chi connectivity index (χ0n) is 15.4. The first kappa shape index (κ1) is 19.7. The molecule has 2 rings (SSSR count). The van der Waals surface area contributed by atoms with Crippen molar-refractivity contribution in [2.75, 3.05) is 13.2 Å². The highest BCUT2D eigenvalue weighted by molar-refractivity contribution is 5.14. The van der Waals surface area contributed by atoms with Crippen molar-refractivity contribution in [3.05, 3.63) is 71.8 Å². The minimum Gasteiger partial charge on any atom is -0.377 e. The van der Waals surface area contributed by atoms with E-state index in [9.17, 15) is 0 Å². The predicted molar refractivity (Wildman–Crippen MR) is 105 cm³/mol. The van der Waals surface area contributed by atoms with Crippen molar-refractivity contribution in [1.29, 1.82) is 0 Å². The highest BCUT2D eigenvalue weighted by Crippen LogP contribution is 2.09. The average molecular weight is 341 g/mol. The summed E-state index contributed by atoms with van der Waals surface area (Å²) in [5.74, 6) is 0. The lowest BCUT2D eigenvalue weighted by molar-refractivity contribution is 0.115. The standard InChI is InChI=1S/C23H32O2/c1(2-4-12-18-24-20-22-14-8-6-9-15-22)3-5-13-19-25-21-23-16-10-7-11-17-23/h6-11,14-17H,1-5,12-13,18-21H2. The number of benzene rings is 2. The fourth-order valence-electron chi connectivity index (χ4n) is 2.82. The average Bonchev–Trinajstić information content (AvgIpc) is 2.67. The third-order valence-corrected chi connectivity index (χ3v) is 4.30. The van der Waals surface area contributed by atoms with Gasteiger partial charge in [0.15, 0.2) is 0 Å². The van der Waals surface area contributed by atoms with Gasteiger partial charge in [0.25, 0.3) is 0 Å². The van der Waals surface area contributed by atoms with Gasteiger partial charge in [-0.2, -0.15) is 0 Å². The monoisotopic (exact) mass is 340 g/mol. The quantitative estimate of drug-likeness (QED) is 0.384. The fraction of sp³-hybridized carbons (Fsp3) is 0.478. The van der Waals surface area contributed by atoms with Gasteiger partial charge in [-0.05, 0) is 24.0 Å². The Labute approximate surface area is 153 Å². The van der Waals surface area contributed by atoms with Gasteiger partial charge in [-0.25, -0.2) is 0 Å². The van der Waals surface area contributed by atoms with E-state index in [4.69, 9.17) is 9.47 Å². The highest BCUT2D eigenvalue weighted by atomic mass is 16.5. The molecule has 2 aromatic rings. The summed E-state index contributed by atoms with van der Waals surface area (Å²) in [6, 6.07) is 20.8. The van der Waals surface area contributed by atoms with Crippen LogP contribution in [0.4, 0.5) is 0 Å². The van der Waals surface area contributed by atoms with Gasteiger partial charge < -0.3 is 9.47 Å². The molecule has 0 unspecified atom stereocenters. The molecule has 0 aliphatic heterocycles. The third-order valence-electron chi connectivity index (χ3n) is 4.30. The lowest BCUT2D eigenvalue weighted by Gasteiger charge is -2.05.